The lowest BCUT2D eigenvalue weighted by molar-refractivity contribution is -0.125. The quantitative estimate of drug-likeness (QED) is 0.748. The van der Waals surface area contributed by atoms with Gasteiger partial charge in [-0.15, -0.1) is 0 Å². The summed E-state index contributed by atoms with van der Waals surface area (Å²) in [6, 6.07) is 0.388. The van der Waals surface area contributed by atoms with Gasteiger partial charge in [0.15, 0.2) is 0 Å². The molecule has 1 saturated heterocycles. The Balaban J connectivity index is 1.47. The molecule has 3 rings (SSSR count). The lowest BCUT2D eigenvalue weighted by atomic mass is 9.81. The Labute approximate surface area is 102 Å². The maximum Gasteiger partial charge on any atom is 0.223 e. The lowest BCUT2D eigenvalue weighted by Crippen LogP contribution is -2.53. The second-order valence-electron chi connectivity index (χ2n) is 5.77. The molecule has 2 aliphatic carbocycles. The van der Waals surface area contributed by atoms with Crippen LogP contribution in [0.25, 0.3) is 0 Å². The van der Waals surface area contributed by atoms with Gasteiger partial charge in [0.05, 0.1) is 12.2 Å². The van der Waals surface area contributed by atoms with Crippen molar-refractivity contribution >= 4 is 5.91 Å². The minimum atomic E-state index is 0.0685. The number of carbonyl (C=O) groups excluding carboxylic acids is 1. The molecule has 17 heavy (non-hydrogen) atoms. The molecule has 96 valence electrons. The van der Waals surface area contributed by atoms with E-state index in [0.717, 1.165) is 58.2 Å². The fourth-order valence-corrected chi connectivity index (χ4v) is 2.98. The van der Waals surface area contributed by atoms with Crippen molar-refractivity contribution in [3.8, 4) is 0 Å². The van der Waals surface area contributed by atoms with Crippen molar-refractivity contribution in [1.82, 2.24) is 10.6 Å². The Hall–Kier alpha value is -0.610. The summed E-state index contributed by atoms with van der Waals surface area (Å²) in [5, 5.41) is 6.60. The van der Waals surface area contributed by atoms with E-state index in [2.05, 4.69) is 10.6 Å². The molecule has 1 heterocycles. The molecule has 0 aromatic heterocycles. The van der Waals surface area contributed by atoms with Crippen LogP contribution in [0.15, 0.2) is 0 Å². The molecular weight excluding hydrogens is 216 g/mol. The SMILES string of the molecule is O=C(NC1CCC2(CC1)CNCCO2)C1CC1. The molecule has 2 saturated carbocycles. The molecule has 0 unspecified atom stereocenters. The number of nitrogens with one attached hydrogen (secondary N) is 2. The number of ether oxygens (including phenoxy) is 1. The molecule has 0 bridgehead atoms. The van der Waals surface area contributed by atoms with E-state index in [1.807, 2.05) is 0 Å². The molecule has 0 aromatic carbocycles. The van der Waals surface area contributed by atoms with E-state index < -0.39 is 0 Å². The first-order chi connectivity index (χ1) is 8.27. The minimum absolute atomic E-state index is 0.0685. The van der Waals surface area contributed by atoms with E-state index in [1.54, 1.807) is 0 Å². The number of amides is 1. The molecule has 2 N–H and O–H groups in total. The van der Waals surface area contributed by atoms with Crippen molar-refractivity contribution in [1.29, 1.82) is 0 Å². The molecule has 4 heteroatoms. The smallest absolute Gasteiger partial charge is 0.223 e. The van der Waals surface area contributed by atoms with Crippen LogP contribution in [0.5, 0.6) is 0 Å². The van der Waals surface area contributed by atoms with Gasteiger partial charge in [-0.1, -0.05) is 0 Å². The predicted molar refractivity (Wildman–Crippen MR) is 64.7 cm³/mol. The summed E-state index contributed by atoms with van der Waals surface area (Å²) < 4.78 is 5.94. The first-order valence-electron chi connectivity index (χ1n) is 6.93. The van der Waals surface area contributed by atoms with Crippen molar-refractivity contribution in [2.45, 2.75) is 50.2 Å². The Kier molecular flexibility index (Phi) is 3.09. The van der Waals surface area contributed by atoms with Gasteiger partial charge in [0.1, 0.15) is 0 Å². The van der Waals surface area contributed by atoms with Crippen molar-refractivity contribution in [3.05, 3.63) is 0 Å². The highest BCUT2D eigenvalue weighted by atomic mass is 16.5. The maximum atomic E-state index is 11.7. The molecule has 0 aromatic rings. The molecule has 0 radical (unpaired) electrons. The topological polar surface area (TPSA) is 50.4 Å². The molecule has 1 amide bonds. The summed E-state index contributed by atoms with van der Waals surface area (Å²) >= 11 is 0. The normalized spacial score (nSPS) is 38.0. The third-order valence-electron chi connectivity index (χ3n) is 4.33. The Morgan fingerprint density at radius 3 is 2.59 bits per heavy atom. The van der Waals surface area contributed by atoms with Gasteiger partial charge >= 0.3 is 0 Å². The van der Waals surface area contributed by atoms with E-state index >= 15 is 0 Å². The predicted octanol–water partition coefficient (Wildman–Crippen LogP) is 0.814. The van der Waals surface area contributed by atoms with E-state index in [0.29, 0.717) is 12.0 Å². The highest BCUT2D eigenvalue weighted by Gasteiger charge is 2.39. The van der Waals surface area contributed by atoms with Crippen LogP contribution in [0.2, 0.25) is 0 Å². The third-order valence-corrected chi connectivity index (χ3v) is 4.33. The Morgan fingerprint density at radius 2 is 2.00 bits per heavy atom. The van der Waals surface area contributed by atoms with Gasteiger partial charge in [0.25, 0.3) is 0 Å². The van der Waals surface area contributed by atoms with Crippen molar-refractivity contribution in [2.75, 3.05) is 19.7 Å². The van der Waals surface area contributed by atoms with Crippen LogP contribution >= 0.6 is 0 Å². The van der Waals surface area contributed by atoms with Gasteiger partial charge in [0.2, 0.25) is 5.91 Å². The molecule has 3 fully saturated rings. The average molecular weight is 238 g/mol. The van der Waals surface area contributed by atoms with E-state index in [9.17, 15) is 4.79 Å². The summed E-state index contributed by atoms with van der Waals surface area (Å²) in [4.78, 5) is 11.7. The molecule has 1 spiro atoms. The summed E-state index contributed by atoms with van der Waals surface area (Å²) in [6.45, 7) is 2.79. The number of rotatable bonds is 2. The molecular formula is C13H22N2O2. The monoisotopic (exact) mass is 238 g/mol. The van der Waals surface area contributed by atoms with Gasteiger partial charge in [-0.2, -0.15) is 0 Å². The summed E-state index contributed by atoms with van der Waals surface area (Å²) in [6.07, 6.45) is 6.48. The first kappa shape index (κ1) is 11.5. The summed E-state index contributed by atoms with van der Waals surface area (Å²) in [7, 11) is 0. The van der Waals surface area contributed by atoms with Crippen LogP contribution in [0.3, 0.4) is 0 Å². The standard InChI is InChI=1S/C13H22N2O2/c16-12(10-1-2-10)15-11-3-5-13(6-4-11)9-14-7-8-17-13/h10-11,14H,1-9H2,(H,15,16). The number of morpholine rings is 1. The van der Waals surface area contributed by atoms with Crippen LogP contribution in [0, 0.1) is 5.92 Å². The molecule has 4 nitrogen and oxygen atoms in total. The van der Waals surface area contributed by atoms with Crippen molar-refractivity contribution in [3.63, 3.8) is 0 Å². The zero-order chi connectivity index (χ0) is 11.7. The van der Waals surface area contributed by atoms with Gasteiger partial charge in [0, 0.05) is 25.0 Å². The average Bonchev–Trinajstić information content (AvgIpc) is 3.18. The number of hydrogen-bond donors (Lipinski definition) is 2. The zero-order valence-electron chi connectivity index (χ0n) is 10.3. The van der Waals surface area contributed by atoms with Crippen LogP contribution in [0.1, 0.15) is 38.5 Å². The van der Waals surface area contributed by atoms with E-state index in [4.69, 9.17) is 4.74 Å². The Morgan fingerprint density at radius 1 is 1.24 bits per heavy atom. The van der Waals surface area contributed by atoms with Crippen LogP contribution in [-0.4, -0.2) is 37.2 Å². The summed E-state index contributed by atoms with van der Waals surface area (Å²) in [5.74, 6) is 0.618. The second kappa shape index (κ2) is 4.58. The molecule has 0 atom stereocenters. The van der Waals surface area contributed by atoms with Gasteiger partial charge < -0.3 is 15.4 Å². The molecule has 3 aliphatic rings. The second-order valence-corrected chi connectivity index (χ2v) is 5.77. The number of carbonyl (C=O) groups is 1. The fourth-order valence-electron chi connectivity index (χ4n) is 2.98. The first-order valence-corrected chi connectivity index (χ1v) is 6.93. The largest absolute Gasteiger partial charge is 0.372 e. The highest BCUT2D eigenvalue weighted by Crippen LogP contribution is 2.34. The van der Waals surface area contributed by atoms with Crippen LogP contribution in [-0.2, 0) is 9.53 Å². The number of hydrogen-bond acceptors (Lipinski definition) is 3. The van der Waals surface area contributed by atoms with Crippen LogP contribution in [0.4, 0.5) is 0 Å². The maximum absolute atomic E-state index is 11.7. The van der Waals surface area contributed by atoms with Crippen molar-refractivity contribution in [2.24, 2.45) is 5.92 Å². The zero-order valence-corrected chi connectivity index (χ0v) is 10.3. The molecule has 1 aliphatic heterocycles. The van der Waals surface area contributed by atoms with Crippen LogP contribution < -0.4 is 10.6 Å². The fraction of sp³-hybridized carbons (Fsp3) is 0.923. The lowest BCUT2D eigenvalue weighted by Gasteiger charge is -2.43. The third kappa shape index (κ3) is 2.63. The van der Waals surface area contributed by atoms with Gasteiger partial charge in [-0.05, 0) is 38.5 Å². The van der Waals surface area contributed by atoms with E-state index in [1.165, 1.54) is 0 Å². The minimum Gasteiger partial charge on any atom is -0.372 e. The van der Waals surface area contributed by atoms with Crippen molar-refractivity contribution < 1.29 is 9.53 Å². The summed E-state index contributed by atoms with van der Waals surface area (Å²) in [5.41, 5.74) is 0.0685. The van der Waals surface area contributed by atoms with E-state index in [-0.39, 0.29) is 11.5 Å². The Bertz CT molecular complexity index is 286. The highest BCUT2D eigenvalue weighted by molar-refractivity contribution is 5.81. The van der Waals surface area contributed by atoms with Gasteiger partial charge in [-0.3, -0.25) is 4.79 Å². The van der Waals surface area contributed by atoms with Gasteiger partial charge in [-0.25, -0.2) is 0 Å².